The van der Waals surface area contributed by atoms with Crippen molar-refractivity contribution in [3.8, 4) is 0 Å². The maximum atomic E-state index is 4.47. The van der Waals surface area contributed by atoms with Gasteiger partial charge in [-0.15, -0.1) is 0 Å². The van der Waals surface area contributed by atoms with Crippen molar-refractivity contribution in [3.05, 3.63) is 18.0 Å². The van der Waals surface area contributed by atoms with Gasteiger partial charge in [0.2, 0.25) is 0 Å². The first-order chi connectivity index (χ1) is 7.24. The Hall–Kier alpha value is -0.350. The van der Waals surface area contributed by atoms with Crippen molar-refractivity contribution in [2.24, 2.45) is 0 Å². The lowest BCUT2D eigenvalue weighted by atomic mass is 10.3. The molecule has 0 spiro atoms. The third kappa shape index (κ3) is 4.80. The lowest BCUT2D eigenvalue weighted by Gasteiger charge is -2.04. The fourth-order valence-electron chi connectivity index (χ4n) is 1.32. The van der Waals surface area contributed by atoms with Gasteiger partial charge in [-0.25, -0.2) is 0 Å². The van der Waals surface area contributed by atoms with E-state index in [4.69, 9.17) is 0 Å². The van der Waals surface area contributed by atoms with E-state index in [-0.39, 0.29) is 0 Å². The highest BCUT2D eigenvalue weighted by Gasteiger charge is 2.00. The third-order valence-corrected chi connectivity index (χ3v) is 2.80. The van der Waals surface area contributed by atoms with Gasteiger partial charge in [0.25, 0.3) is 0 Å². The zero-order valence-electron chi connectivity index (χ0n) is 9.54. The van der Waals surface area contributed by atoms with E-state index in [1.807, 2.05) is 10.9 Å². The molecule has 0 fully saturated rings. The minimum Gasteiger partial charge on any atom is -0.311 e. The number of aromatic nitrogens is 2. The smallest absolute Gasteiger partial charge is 0.0762 e. The van der Waals surface area contributed by atoms with Crippen LogP contribution in [0.5, 0.6) is 0 Å². The summed E-state index contributed by atoms with van der Waals surface area (Å²) in [6.45, 7) is 6.22. The summed E-state index contributed by atoms with van der Waals surface area (Å²) in [6, 6.07) is 2.53. The van der Waals surface area contributed by atoms with Gasteiger partial charge in [0.15, 0.2) is 0 Å². The number of alkyl halides is 1. The fraction of sp³-hybridized carbons (Fsp3) is 0.727. The van der Waals surface area contributed by atoms with Crippen LogP contribution in [0.15, 0.2) is 12.3 Å². The van der Waals surface area contributed by atoms with E-state index >= 15 is 0 Å². The molecule has 3 nitrogen and oxygen atoms in total. The lowest BCUT2D eigenvalue weighted by Crippen LogP contribution is -2.15. The second-order valence-corrected chi connectivity index (χ2v) is 4.75. The second kappa shape index (κ2) is 7.01. The summed E-state index contributed by atoms with van der Waals surface area (Å²) in [5, 5.41) is 8.96. The fourth-order valence-corrected chi connectivity index (χ4v) is 1.72. The summed E-state index contributed by atoms with van der Waals surface area (Å²) in [5.74, 6) is 0. The molecule has 15 heavy (non-hydrogen) atoms. The number of hydrogen-bond donors (Lipinski definition) is 1. The maximum Gasteiger partial charge on any atom is 0.0762 e. The molecule has 0 radical (unpaired) electrons. The molecule has 0 amide bonds. The molecule has 0 aliphatic carbocycles. The summed E-state index contributed by atoms with van der Waals surface area (Å²) < 4.78 is 2.00. The predicted octanol–water partition coefficient (Wildman–Crippen LogP) is 2.73. The maximum absolute atomic E-state index is 4.47. The predicted molar refractivity (Wildman–Crippen MR) is 67.3 cm³/mol. The van der Waals surface area contributed by atoms with Crippen LogP contribution in [0.3, 0.4) is 0 Å². The Morgan fingerprint density at radius 3 is 2.87 bits per heavy atom. The summed E-state index contributed by atoms with van der Waals surface area (Å²) in [6.07, 6.45) is 4.49. The molecule has 0 unspecified atom stereocenters. The first-order valence-corrected chi connectivity index (χ1v) is 6.67. The number of halogens is 1. The average Bonchev–Trinajstić information content (AvgIpc) is 2.66. The first kappa shape index (κ1) is 12.7. The summed E-state index contributed by atoms with van der Waals surface area (Å²) in [5.41, 5.74) is 1.13. The summed E-state index contributed by atoms with van der Waals surface area (Å²) in [7, 11) is 0. The van der Waals surface area contributed by atoms with E-state index in [1.165, 1.54) is 12.8 Å². The summed E-state index contributed by atoms with van der Waals surface area (Å²) in [4.78, 5) is 0. The van der Waals surface area contributed by atoms with Crippen molar-refractivity contribution >= 4 is 15.9 Å². The highest BCUT2D eigenvalue weighted by molar-refractivity contribution is 9.09. The van der Waals surface area contributed by atoms with E-state index in [2.05, 4.69) is 46.3 Å². The van der Waals surface area contributed by atoms with Crippen molar-refractivity contribution in [1.29, 1.82) is 0 Å². The van der Waals surface area contributed by atoms with Crippen LogP contribution in [0.1, 0.15) is 38.4 Å². The van der Waals surface area contributed by atoms with Crippen molar-refractivity contribution < 1.29 is 0 Å². The molecule has 1 aromatic rings. The number of unbranched alkanes of at least 4 members (excludes halogenated alkanes) is 1. The van der Waals surface area contributed by atoms with Crippen LogP contribution in [0.2, 0.25) is 0 Å². The van der Waals surface area contributed by atoms with Crippen LogP contribution in [0, 0.1) is 0 Å². The normalized spacial score (nSPS) is 11.2. The van der Waals surface area contributed by atoms with Gasteiger partial charge in [-0.2, -0.15) is 5.10 Å². The molecule has 0 atom stereocenters. The van der Waals surface area contributed by atoms with Gasteiger partial charge in [0.1, 0.15) is 0 Å². The second-order valence-electron chi connectivity index (χ2n) is 3.95. The van der Waals surface area contributed by atoms with Crippen LogP contribution in [0.25, 0.3) is 0 Å². The Morgan fingerprint density at radius 1 is 1.47 bits per heavy atom. The molecule has 0 aromatic carbocycles. The molecule has 1 N–H and O–H groups in total. The Balaban J connectivity index is 2.20. The van der Waals surface area contributed by atoms with E-state index < -0.39 is 0 Å². The van der Waals surface area contributed by atoms with Crippen LogP contribution in [-0.4, -0.2) is 21.7 Å². The molecule has 0 bridgehead atoms. The summed E-state index contributed by atoms with van der Waals surface area (Å²) >= 11 is 3.42. The standard InChI is InChI=1S/C11H20BrN3/c1-10(2)15-8-5-11(14-15)9-13-7-4-3-6-12/h5,8,10,13H,3-4,6-7,9H2,1-2H3. The van der Waals surface area contributed by atoms with Gasteiger partial charge in [-0.3, -0.25) is 4.68 Å². The van der Waals surface area contributed by atoms with E-state index in [1.54, 1.807) is 0 Å². The molecule has 0 saturated carbocycles. The number of nitrogens with zero attached hydrogens (tertiary/aromatic N) is 2. The van der Waals surface area contributed by atoms with Gasteiger partial charge in [-0.1, -0.05) is 15.9 Å². The molecule has 1 heterocycles. The zero-order valence-corrected chi connectivity index (χ0v) is 11.1. The van der Waals surface area contributed by atoms with Gasteiger partial charge in [-0.05, 0) is 39.3 Å². The SMILES string of the molecule is CC(C)n1ccc(CNCCCCBr)n1. The molecule has 1 aromatic heterocycles. The van der Waals surface area contributed by atoms with Crippen molar-refractivity contribution in [1.82, 2.24) is 15.1 Å². The zero-order chi connectivity index (χ0) is 11.1. The van der Waals surface area contributed by atoms with Crippen molar-refractivity contribution in [3.63, 3.8) is 0 Å². The Morgan fingerprint density at radius 2 is 2.27 bits per heavy atom. The van der Waals surface area contributed by atoms with E-state index in [9.17, 15) is 0 Å². The van der Waals surface area contributed by atoms with Gasteiger partial charge >= 0.3 is 0 Å². The average molecular weight is 274 g/mol. The molecular weight excluding hydrogens is 254 g/mol. The van der Waals surface area contributed by atoms with Crippen LogP contribution >= 0.6 is 15.9 Å². The molecule has 1 rings (SSSR count). The molecule has 0 saturated heterocycles. The van der Waals surface area contributed by atoms with Crippen LogP contribution in [-0.2, 0) is 6.54 Å². The van der Waals surface area contributed by atoms with Crippen LogP contribution in [0.4, 0.5) is 0 Å². The van der Waals surface area contributed by atoms with E-state index in [0.29, 0.717) is 6.04 Å². The Kier molecular flexibility index (Phi) is 5.95. The van der Waals surface area contributed by atoms with Crippen molar-refractivity contribution in [2.75, 3.05) is 11.9 Å². The largest absolute Gasteiger partial charge is 0.311 e. The minimum atomic E-state index is 0.451. The number of hydrogen-bond acceptors (Lipinski definition) is 2. The topological polar surface area (TPSA) is 29.9 Å². The van der Waals surface area contributed by atoms with Gasteiger partial charge < -0.3 is 5.32 Å². The first-order valence-electron chi connectivity index (χ1n) is 5.54. The van der Waals surface area contributed by atoms with Crippen LogP contribution < -0.4 is 5.32 Å². The molecule has 4 heteroatoms. The lowest BCUT2D eigenvalue weighted by molar-refractivity contribution is 0.520. The Bertz CT molecular complexity index is 271. The monoisotopic (exact) mass is 273 g/mol. The molecule has 86 valence electrons. The number of nitrogens with one attached hydrogen (secondary N) is 1. The highest BCUT2D eigenvalue weighted by Crippen LogP contribution is 2.03. The van der Waals surface area contributed by atoms with Crippen molar-refractivity contribution in [2.45, 2.75) is 39.3 Å². The number of rotatable bonds is 7. The quantitative estimate of drug-likeness (QED) is 0.612. The molecular formula is C11H20BrN3. The molecule has 0 aliphatic heterocycles. The van der Waals surface area contributed by atoms with E-state index in [0.717, 1.165) is 24.1 Å². The molecule has 0 aliphatic rings. The minimum absolute atomic E-state index is 0.451. The van der Waals surface area contributed by atoms with Gasteiger partial charge in [0, 0.05) is 24.1 Å². The Labute approximate surface area is 100 Å². The van der Waals surface area contributed by atoms with Gasteiger partial charge in [0.05, 0.1) is 5.69 Å². The highest BCUT2D eigenvalue weighted by atomic mass is 79.9. The third-order valence-electron chi connectivity index (χ3n) is 2.24.